The van der Waals surface area contributed by atoms with Gasteiger partial charge in [0.25, 0.3) is 0 Å². The summed E-state index contributed by atoms with van der Waals surface area (Å²) in [5.74, 6) is 0. The Morgan fingerprint density at radius 2 is 1.30 bits per heavy atom. The summed E-state index contributed by atoms with van der Waals surface area (Å²) in [5.41, 5.74) is 0. The van der Waals surface area contributed by atoms with Crippen LogP contribution in [-0.4, -0.2) is 31.1 Å². The molecule has 0 aromatic rings. The maximum Gasteiger partial charge on any atom is 0.382 e. The predicted octanol–water partition coefficient (Wildman–Crippen LogP) is 0.218. The van der Waals surface area contributed by atoms with Crippen LogP contribution in [0.3, 0.4) is 0 Å². The van der Waals surface area contributed by atoms with Crippen LogP contribution in [0.4, 0.5) is 4.79 Å². The Morgan fingerprint density at radius 3 is 1.30 bits per heavy atom. The monoisotopic (exact) mass is 192 g/mol. The molecule has 0 saturated carbocycles. The van der Waals surface area contributed by atoms with Crippen LogP contribution in [0, 0.1) is 0 Å². The first-order valence-electron chi connectivity index (χ1n) is 1.68. The van der Waals surface area contributed by atoms with Crippen molar-refractivity contribution in [2.75, 3.05) is 0 Å². The first-order chi connectivity index (χ1) is 4.15. The minimum Gasteiger partial charge on any atom is -0.301 e. The molecule has 0 bridgehead atoms. The SMILES string of the molecule is O=C(S(O)(O)O)S(=O)(=O)O. The zero-order valence-corrected chi connectivity index (χ0v) is 5.96. The highest BCUT2D eigenvalue weighted by molar-refractivity contribution is 8.45. The van der Waals surface area contributed by atoms with Gasteiger partial charge in [-0.25, -0.2) is 0 Å². The van der Waals surface area contributed by atoms with Crippen LogP contribution in [0.15, 0.2) is 0 Å². The van der Waals surface area contributed by atoms with Crippen LogP contribution in [0.25, 0.3) is 0 Å². The molecule has 0 rings (SSSR count). The number of rotatable bonds is 0. The predicted molar refractivity (Wildman–Crippen MR) is 32.4 cm³/mol. The first kappa shape index (κ1) is 9.81. The van der Waals surface area contributed by atoms with Crippen molar-refractivity contribution in [1.29, 1.82) is 0 Å². The van der Waals surface area contributed by atoms with Gasteiger partial charge in [0.05, 0.1) is 0 Å². The summed E-state index contributed by atoms with van der Waals surface area (Å²) in [7, 11) is -10.0. The third-order valence-electron chi connectivity index (χ3n) is 0.434. The van der Waals surface area contributed by atoms with Gasteiger partial charge in [0, 0.05) is 0 Å². The topological polar surface area (TPSA) is 132 Å². The summed E-state index contributed by atoms with van der Waals surface area (Å²) >= 11 is 0. The molecule has 9 heteroatoms. The third-order valence-corrected chi connectivity index (χ3v) is 2.61. The molecule has 0 fully saturated rings. The van der Waals surface area contributed by atoms with Gasteiger partial charge in [-0.05, 0) is 0 Å². The molecular formula is CH4O7S2. The Balaban J connectivity index is 4.75. The molecule has 0 aliphatic heterocycles. The van der Waals surface area contributed by atoms with Crippen LogP contribution in [0.2, 0.25) is 0 Å². The van der Waals surface area contributed by atoms with Crippen molar-refractivity contribution < 1.29 is 31.4 Å². The molecule has 0 radical (unpaired) electrons. The smallest absolute Gasteiger partial charge is 0.301 e. The van der Waals surface area contributed by atoms with Gasteiger partial charge in [-0.1, -0.05) is 0 Å². The average Bonchev–Trinajstić information content (AvgIpc) is 1.59. The van der Waals surface area contributed by atoms with Crippen molar-refractivity contribution in [3.8, 4) is 0 Å². The van der Waals surface area contributed by atoms with Crippen LogP contribution in [-0.2, 0) is 10.1 Å². The summed E-state index contributed by atoms with van der Waals surface area (Å²) in [5, 5.41) is 0. The highest BCUT2D eigenvalue weighted by Crippen LogP contribution is 2.36. The molecule has 0 atom stereocenters. The summed E-state index contributed by atoms with van der Waals surface area (Å²) in [6.07, 6.45) is 0. The second-order valence-corrected chi connectivity index (χ2v) is 4.23. The van der Waals surface area contributed by atoms with Crippen molar-refractivity contribution in [2.45, 2.75) is 0 Å². The molecule has 0 aromatic carbocycles. The van der Waals surface area contributed by atoms with E-state index >= 15 is 0 Å². The number of hydrogen-bond acceptors (Lipinski definition) is 6. The van der Waals surface area contributed by atoms with Gasteiger partial charge >= 0.3 is 14.6 Å². The molecule has 0 amide bonds. The maximum absolute atomic E-state index is 9.94. The second kappa shape index (κ2) is 2.45. The van der Waals surface area contributed by atoms with Gasteiger partial charge in [-0.15, -0.1) is 0 Å². The van der Waals surface area contributed by atoms with Gasteiger partial charge in [0.1, 0.15) is 0 Å². The van der Waals surface area contributed by atoms with Crippen molar-refractivity contribution in [3.05, 3.63) is 0 Å². The number of hydrogen-bond donors (Lipinski definition) is 4. The average molecular weight is 192 g/mol. The summed E-state index contributed by atoms with van der Waals surface area (Å²) in [6, 6.07) is 0. The van der Waals surface area contributed by atoms with Gasteiger partial charge in [-0.2, -0.15) is 8.42 Å². The zero-order valence-electron chi connectivity index (χ0n) is 4.33. The molecule has 10 heavy (non-hydrogen) atoms. The Hall–Kier alpha value is -0.190. The van der Waals surface area contributed by atoms with Gasteiger partial charge in [0.15, 0.2) is 10.9 Å². The molecule has 0 saturated heterocycles. The molecule has 0 spiro atoms. The van der Waals surface area contributed by atoms with E-state index in [-0.39, 0.29) is 0 Å². The summed E-state index contributed by atoms with van der Waals surface area (Å²) in [4.78, 5) is 9.94. The van der Waals surface area contributed by atoms with Crippen LogP contribution in [0.5, 0.6) is 0 Å². The third kappa shape index (κ3) is 2.60. The highest BCUT2D eigenvalue weighted by Gasteiger charge is 2.35. The van der Waals surface area contributed by atoms with E-state index < -0.39 is 25.4 Å². The first-order valence-corrected chi connectivity index (χ1v) is 4.62. The fraction of sp³-hybridized carbons (Fsp3) is 0. The molecule has 4 N–H and O–H groups in total. The van der Waals surface area contributed by atoms with E-state index in [4.69, 9.17) is 18.2 Å². The number of carbonyl (C=O) groups is 1. The van der Waals surface area contributed by atoms with Crippen molar-refractivity contribution >= 4 is 25.4 Å². The minimum absolute atomic E-state index is 2.40. The quantitative estimate of drug-likeness (QED) is 0.403. The Labute approximate surface area is 57.6 Å². The van der Waals surface area contributed by atoms with Crippen LogP contribution in [0.1, 0.15) is 0 Å². The highest BCUT2D eigenvalue weighted by atomic mass is 32.3. The van der Waals surface area contributed by atoms with E-state index in [1.165, 1.54) is 0 Å². The molecular weight excluding hydrogens is 188 g/mol. The van der Waals surface area contributed by atoms with E-state index in [2.05, 4.69) is 0 Å². The molecule has 0 unspecified atom stereocenters. The molecule has 0 heterocycles. The zero-order chi connectivity index (χ0) is 8.58. The lowest BCUT2D eigenvalue weighted by molar-refractivity contribution is 0.262. The largest absolute Gasteiger partial charge is 0.382 e. The molecule has 0 aliphatic rings. The van der Waals surface area contributed by atoms with Crippen molar-refractivity contribution in [1.82, 2.24) is 0 Å². The lowest BCUT2D eigenvalue weighted by Gasteiger charge is -2.13. The van der Waals surface area contributed by atoms with E-state index in [0.29, 0.717) is 0 Å². The molecule has 7 nitrogen and oxygen atoms in total. The lowest BCUT2D eigenvalue weighted by Crippen LogP contribution is -2.18. The van der Waals surface area contributed by atoms with E-state index in [1.807, 2.05) is 0 Å². The van der Waals surface area contributed by atoms with Gasteiger partial charge < -0.3 is 13.7 Å². The van der Waals surface area contributed by atoms with Crippen LogP contribution >= 0.6 is 10.9 Å². The van der Waals surface area contributed by atoms with Crippen molar-refractivity contribution in [3.63, 3.8) is 0 Å². The minimum atomic E-state index is -5.21. The van der Waals surface area contributed by atoms with Gasteiger partial charge in [-0.3, -0.25) is 9.35 Å². The summed E-state index contributed by atoms with van der Waals surface area (Å²) < 4.78 is 48.6. The van der Waals surface area contributed by atoms with Gasteiger partial charge in [0.2, 0.25) is 0 Å². The molecule has 62 valence electrons. The maximum atomic E-state index is 9.94. The standard InChI is InChI=1S/CH4O7S2/c2-1(9(3,4)5)10(6,7)8/h3-5H,(H,6,7,8). The Morgan fingerprint density at radius 1 is 1.00 bits per heavy atom. The van der Waals surface area contributed by atoms with Crippen LogP contribution < -0.4 is 0 Å². The normalized spacial score (nSPS) is 14.8. The van der Waals surface area contributed by atoms with E-state index in [1.54, 1.807) is 0 Å². The fourth-order valence-corrected chi connectivity index (χ4v) is 1.27. The molecule has 0 aromatic heterocycles. The summed E-state index contributed by atoms with van der Waals surface area (Å²) in [6.45, 7) is 0. The second-order valence-electron chi connectivity index (χ2n) is 1.24. The fourth-order valence-electron chi connectivity index (χ4n) is 0.141. The Kier molecular flexibility index (Phi) is 2.40. The van der Waals surface area contributed by atoms with Crippen molar-refractivity contribution in [2.24, 2.45) is 0 Å². The lowest BCUT2D eigenvalue weighted by atomic mass is 11.8. The Bertz CT molecular complexity index is 229. The molecule has 0 aliphatic carbocycles. The van der Waals surface area contributed by atoms with E-state index in [0.717, 1.165) is 0 Å². The van der Waals surface area contributed by atoms with E-state index in [9.17, 15) is 13.2 Å². The number of carbonyl (C=O) groups excluding carboxylic acids is 1.